The van der Waals surface area contributed by atoms with Gasteiger partial charge in [-0.3, -0.25) is 14.4 Å². The number of aromatic nitrogens is 2. The van der Waals surface area contributed by atoms with Crippen LogP contribution in [0.1, 0.15) is 46.3 Å². The van der Waals surface area contributed by atoms with Gasteiger partial charge in [0.2, 0.25) is 15.9 Å². The molecule has 154 valence electrons. The second-order valence-electron chi connectivity index (χ2n) is 7.13. The Hall–Kier alpha value is -2.88. The number of piperidine rings is 1. The maximum Gasteiger partial charge on any atom is 0.286 e. The highest BCUT2D eigenvalue weighted by atomic mass is 32.1. The SMILES string of the molecule is CC(C)NC(=O)C1CCCN(C(=O)c2nnc(C(=O)Nc3ccc(F)cc3)s2)C1. The minimum Gasteiger partial charge on any atom is -0.354 e. The average Bonchev–Trinajstić information content (AvgIpc) is 3.19. The van der Waals surface area contributed by atoms with E-state index < -0.39 is 11.7 Å². The Kier molecular flexibility index (Phi) is 6.53. The molecule has 0 saturated carbocycles. The molecule has 3 rings (SSSR count). The summed E-state index contributed by atoms with van der Waals surface area (Å²) >= 11 is 0.885. The first kappa shape index (κ1) is 20.8. The number of halogens is 1. The first-order valence-corrected chi connectivity index (χ1v) is 10.1. The summed E-state index contributed by atoms with van der Waals surface area (Å²) in [5.41, 5.74) is 0.412. The average molecular weight is 419 g/mol. The molecule has 29 heavy (non-hydrogen) atoms. The van der Waals surface area contributed by atoms with Crippen LogP contribution in [-0.2, 0) is 4.79 Å². The van der Waals surface area contributed by atoms with Crippen LogP contribution in [-0.4, -0.2) is 52.0 Å². The van der Waals surface area contributed by atoms with E-state index in [0.29, 0.717) is 18.8 Å². The summed E-state index contributed by atoms with van der Waals surface area (Å²) in [6.45, 7) is 4.63. The number of nitrogens with one attached hydrogen (secondary N) is 2. The molecule has 2 aromatic rings. The molecular weight excluding hydrogens is 397 g/mol. The molecular formula is C19H22FN5O3S. The van der Waals surface area contributed by atoms with Gasteiger partial charge >= 0.3 is 0 Å². The van der Waals surface area contributed by atoms with Crippen LogP contribution in [0.2, 0.25) is 0 Å². The molecule has 1 aliphatic heterocycles. The number of anilines is 1. The molecule has 8 nitrogen and oxygen atoms in total. The molecule has 1 atom stereocenters. The Morgan fingerprint density at radius 3 is 2.55 bits per heavy atom. The van der Waals surface area contributed by atoms with Gasteiger partial charge in [-0.25, -0.2) is 4.39 Å². The predicted molar refractivity (Wildman–Crippen MR) is 106 cm³/mol. The Morgan fingerprint density at radius 1 is 1.17 bits per heavy atom. The Bertz CT molecular complexity index is 900. The summed E-state index contributed by atoms with van der Waals surface area (Å²) in [4.78, 5) is 38.9. The van der Waals surface area contributed by atoms with Crippen molar-refractivity contribution in [2.45, 2.75) is 32.7 Å². The van der Waals surface area contributed by atoms with Crippen LogP contribution in [0.25, 0.3) is 0 Å². The minimum absolute atomic E-state index is 0.0313. The third-order valence-electron chi connectivity index (χ3n) is 4.41. The second kappa shape index (κ2) is 9.08. The molecule has 1 aliphatic rings. The number of hydrogen-bond acceptors (Lipinski definition) is 6. The number of carbonyl (C=O) groups is 3. The summed E-state index contributed by atoms with van der Waals surface area (Å²) in [7, 11) is 0. The van der Waals surface area contributed by atoms with E-state index >= 15 is 0 Å². The van der Waals surface area contributed by atoms with Crippen molar-refractivity contribution in [2.24, 2.45) is 5.92 Å². The van der Waals surface area contributed by atoms with Gasteiger partial charge in [-0.1, -0.05) is 11.3 Å². The van der Waals surface area contributed by atoms with Crippen molar-refractivity contribution >= 4 is 34.7 Å². The molecule has 3 amide bonds. The monoisotopic (exact) mass is 419 g/mol. The number of carbonyl (C=O) groups excluding carboxylic acids is 3. The molecule has 2 heterocycles. The fourth-order valence-corrected chi connectivity index (χ4v) is 3.74. The van der Waals surface area contributed by atoms with Crippen molar-refractivity contribution in [3.63, 3.8) is 0 Å². The maximum atomic E-state index is 13.0. The van der Waals surface area contributed by atoms with Gasteiger partial charge in [0.1, 0.15) is 5.82 Å². The van der Waals surface area contributed by atoms with Crippen molar-refractivity contribution < 1.29 is 18.8 Å². The van der Waals surface area contributed by atoms with E-state index in [1.165, 1.54) is 24.3 Å². The summed E-state index contributed by atoms with van der Waals surface area (Å²) in [6.07, 6.45) is 1.45. The molecule has 0 radical (unpaired) electrons. The number of nitrogens with zero attached hydrogens (tertiary/aromatic N) is 3. The third kappa shape index (κ3) is 5.35. The van der Waals surface area contributed by atoms with E-state index in [-0.39, 0.29) is 33.8 Å². The van der Waals surface area contributed by atoms with E-state index in [0.717, 1.165) is 24.2 Å². The fourth-order valence-electron chi connectivity index (χ4n) is 3.03. The lowest BCUT2D eigenvalue weighted by molar-refractivity contribution is -0.126. The summed E-state index contributed by atoms with van der Waals surface area (Å²) in [6, 6.07) is 5.35. The quantitative estimate of drug-likeness (QED) is 0.774. The van der Waals surface area contributed by atoms with Crippen molar-refractivity contribution in [3.05, 3.63) is 40.1 Å². The first-order chi connectivity index (χ1) is 13.8. The van der Waals surface area contributed by atoms with Crippen LogP contribution in [0.5, 0.6) is 0 Å². The van der Waals surface area contributed by atoms with Crippen LogP contribution in [0.15, 0.2) is 24.3 Å². The highest BCUT2D eigenvalue weighted by Gasteiger charge is 2.31. The van der Waals surface area contributed by atoms with Gasteiger partial charge < -0.3 is 15.5 Å². The van der Waals surface area contributed by atoms with E-state index in [2.05, 4.69) is 20.8 Å². The van der Waals surface area contributed by atoms with Crippen LogP contribution in [0.4, 0.5) is 10.1 Å². The second-order valence-corrected chi connectivity index (χ2v) is 8.10. The smallest absolute Gasteiger partial charge is 0.286 e. The zero-order chi connectivity index (χ0) is 21.0. The number of hydrogen-bond donors (Lipinski definition) is 2. The zero-order valence-corrected chi connectivity index (χ0v) is 17.0. The van der Waals surface area contributed by atoms with E-state index in [4.69, 9.17) is 0 Å². The Morgan fingerprint density at radius 2 is 1.86 bits per heavy atom. The highest BCUT2D eigenvalue weighted by molar-refractivity contribution is 7.15. The number of likely N-dealkylation sites (tertiary alicyclic amines) is 1. The summed E-state index contributed by atoms with van der Waals surface area (Å²) < 4.78 is 13.0. The fraction of sp³-hybridized carbons (Fsp3) is 0.421. The molecule has 1 fully saturated rings. The molecule has 1 aromatic carbocycles. The largest absolute Gasteiger partial charge is 0.354 e. The molecule has 1 unspecified atom stereocenters. The van der Waals surface area contributed by atoms with E-state index in [1.807, 2.05) is 13.8 Å². The highest BCUT2D eigenvalue weighted by Crippen LogP contribution is 2.21. The predicted octanol–water partition coefficient (Wildman–Crippen LogP) is 2.31. The third-order valence-corrected chi connectivity index (χ3v) is 5.32. The Labute approximate surface area is 171 Å². The van der Waals surface area contributed by atoms with Crippen molar-refractivity contribution in [1.82, 2.24) is 20.4 Å². The van der Waals surface area contributed by atoms with Gasteiger partial charge in [-0.2, -0.15) is 0 Å². The van der Waals surface area contributed by atoms with E-state index in [1.54, 1.807) is 4.90 Å². The number of rotatable bonds is 5. The standard InChI is InChI=1S/C19H22FN5O3S/c1-11(2)21-15(26)12-4-3-9-25(10-12)19(28)18-24-23-17(29-18)16(27)22-14-7-5-13(20)6-8-14/h5-8,11-12H,3-4,9-10H2,1-2H3,(H,21,26)(H,22,27). The van der Waals surface area contributed by atoms with E-state index in [9.17, 15) is 18.8 Å². The van der Waals surface area contributed by atoms with Gasteiger partial charge in [0.15, 0.2) is 0 Å². The van der Waals surface area contributed by atoms with Gasteiger partial charge in [0.25, 0.3) is 11.8 Å². The number of amides is 3. The van der Waals surface area contributed by atoms with Gasteiger partial charge in [0, 0.05) is 24.8 Å². The van der Waals surface area contributed by atoms with Crippen molar-refractivity contribution in [3.8, 4) is 0 Å². The lowest BCUT2D eigenvalue weighted by Crippen LogP contribution is -2.46. The van der Waals surface area contributed by atoms with Crippen LogP contribution < -0.4 is 10.6 Å². The Balaban J connectivity index is 1.63. The van der Waals surface area contributed by atoms with Crippen LogP contribution in [0.3, 0.4) is 0 Å². The van der Waals surface area contributed by atoms with Crippen molar-refractivity contribution in [1.29, 1.82) is 0 Å². The lowest BCUT2D eigenvalue weighted by atomic mass is 9.97. The molecule has 1 saturated heterocycles. The van der Waals surface area contributed by atoms with Gasteiger partial charge in [0.05, 0.1) is 5.92 Å². The number of benzene rings is 1. The minimum atomic E-state index is -0.527. The normalized spacial score (nSPS) is 16.6. The zero-order valence-electron chi connectivity index (χ0n) is 16.1. The summed E-state index contributed by atoms with van der Waals surface area (Å²) in [5.74, 6) is -1.60. The summed E-state index contributed by atoms with van der Waals surface area (Å²) in [5, 5.41) is 13.2. The van der Waals surface area contributed by atoms with Crippen LogP contribution in [0, 0.1) is 11.7 Å². The van der Waals surface area contributed by atoms with Gasteiger partial charge in [-0.05, 0) is 51.0 Å². The molecule has 0 spiro atoms. The first-order valence-electron chi connectivity index (χ1n) is 9.33. The molecule has 1 aromatic heterocycles. The molecule has 10 heteroatoms. The molecule has 0 bridgehead atoms. The molecule has 0 aliphatic carbocycles. The topological polar surface area (TPSA) is 104 Å². The lowest BCUT2D eigenvalue weighted by Gasteiger charge is -2.31. The van der Waals surface area contributed by atoms with Gasteiger partial charge in [-0.15, -0.1) is 10.2 Å². The van der Waals surface area contributed by atoms with Crippen molar-refractivity contribution in [2.75, 3.05) is 18.4 Å². The van der Waals surface area contributed by atoms with Crippen LogP contribution >= 0.6 is 11.3 Å². The molecule has 2 N–H and O–H groups in total. The maximum absolute atomic E-state index is 13.0.